The van der Waals surface area contributed by atoms with E-state index in [1.165, 1.54) is 0 Å². The van der Waals surface area contributed by atoms with Gasteiger partial charge in [0, 0.05) is 5.02 Å². The summed E-state index contributed by atoms with van der Waals surface area (Å²) in [5.41, 5.74) is -0.222. The molecule has 1 amide bonds. The van der Waals surface area contributed by atoms with Gasteiger partial charge in [0.1, 0.15) is 5.60 Å². The molecule has 0 aliphatic heterocycles. The van der Waals surface area contributed by atoms with Gasteiger partial charge in [-0.25, -0.2) is 17.9 Å². The van der Waals surface area contributed by atoms with Gasteiger partial charge in [-0.3, -0.25) is 0 Å². The minimum absolute atomic E-state index is 0.316. The summed E-state index contributed by atoms with van der Waals surface area (Å²) in [6.45, 7) is 4.95. The molecule has 0 saturated heterocycles. The standard InChI is InChI=1S/C12H16ClNO4S/c1-12(2,3)18-11(15)14-19(16,17)8-9-4-6-10(13)7-5-9/h4-7H,8H2,1-3H3,(H,14,15). The second-order valence-electron chi connectivity index (χ2n) is 4.99. The van der Waals surface area contributed by atoms with Crippen LogP contribution in [-0.2, 0) is 20.5 Å². The number of carbonyl (C=O) groups is 1. The van der Waals surface area contributed by atoms with Crippen molar-refractivity contribution >= 4 is 27.7 Å². The van der Waals surface area contributed by atoms with Crippen molar-refractivity contribution in [3.63, 3.8) is 0 Å². The first kappa shape index (κ1) is 15.8. The van der Waals surface area contributed by atoms with Gasteiger partial charge in [-0.2, -0.15) is 0 Å². The van der Waals surface area contributed by atoms with Crippen molar-refractivity contribution < 1.29 is 17.9 Å². The summed E-state index contributed by atoms with van der Waals surface area (Å²) in [7, 11) is -3.79. The highest BCUT2D eigenvalue weighted by atomic mass is 35.5. The van der Waals surface area contributed by atoms with E-state index in [1.807, 2.05) is 4.72 Å². The lowest BCUT2D eigenvalue weighted by Crippen LogP contribution is -2.36. The van der Waals surface area contributed by atoms with Crippen LogP contribution in [0.25, 0.3) is 0 Å². The summed E-state index contributed by atoms with van der Waals surface area (Å²) >= 11 is 5.70. The molecule has 19 heavy (non-hydrogen) atoms. The van der Waals surface area contributed by atoms with Crippen LogP contribution in [0.1, 0.15) is 26.3 Å². The van der Waals surface area contributed by atoms with Crippen LogP contribution in [-0.4, -0.2) is 20.1 Å². The number of benzene rings is 1. The molecule has 0 heterocycles. The van der Waals surface area contributed by atoms with E-state index in [2.05, 4.69) is 0 Å². The van der Waals surface area contributed by atoms with E-state index in [4.69, 9.17) is 16.3 Å². The smallest absolute Gasteiger partial charge is 0.421 e. The fourth-order valence-electron chi connectivity index (χ4n) is 1.26. The van der Waals surface area contributed by atoms with Crippen molar-refractivity contribution in [2.24, 2.45) is 0 Å². The molecule has 1 aromatic rings. The Morgan fingerprint density at radius 2 is 1.79 bits per heavy atom. The highest BCUT2D eigenvalue weighted by Gasteiger charge is 2.21. The molecule has 1 N–H and O–H groups in total. The van der Waals surface area contributed by atoms with Gasteiger partial charge >= 0.3 is 6.09 Å². The van der Waals surface area contributed by atoms with Gasteiger partial charge in [0.15, 0.2) is 0 Å². The quantitative estimate of drug-likeness (QED) is 0.932. The van der Waals surface area contributed by atoms with Crippen LogP contribution in [0.4, 0.5) is 4.79 Å². The Morgan fingerprint density at radius 3 is 2.26 bits per heavy atom. The Balaban J connectivity index is 2.67. The lowest BCUT2D eigenvalue weighted by atomic mass is 10.2. The van der Waals surface area contributed by atoms with E-state index in [9.17, 15) is 13.2 Å². The van der Waals surface area contributed by atoms with E-state index in [-0.39, 0.29) is 5.75 Å². The van der Waals surface area contributed by atoms with E-state index < -0.39 is 21.7 Å². The molecular formula is C12H16ClNO4S. The number of amides is 1. The maximum absolute atomic E-state index is 11.7. The molecule has 0 bridgehead atoms. The van der Waals surface area contributed by atoms with Gasteiger partial charge in [0.05, 0.1) is 5.75 Å². The Hall–Kier alpha value is -1.27. The third-order valence-electron chi connectivity index (χ3n) is 1.91. The molecule has 0 fully saturated rings. The Kier molecular flexibility index (Phi) is 4.81. The van der Waals surface area contributed by atoms with E-state index in [0.29, 0.717) is 10.6 Å². The Bertz CT molecular complexity index is 546. The molecule has 7 heteroatoms. The first-order valence-electron chi connectivity index (χ1n) is 5.55. The van der Waals surface area contributed by atoms with Gasteiger partial charge in [0.25, 0.3) is 0 Å². The molecule has 106 valence electrons. The zero-order valence-electron chi connectivity index (χ0n) is 10.9. The number of carbonyl (C=O) groups excluding carboxylic acids is 1. The molecule has 0 saturated carbocycles. The van der Waals surface area contributed by atoms with Gasteiger partial charge < -0.3 is 4.74 Å². The molecule has 0 atom stereocenters. The fourth-order valence-corrected chi connectivity index (χ4v) is 2.39. The summed E-state index contributed by atoms with van der Waals surface area (Å²) in [5.74, 6) is -0.316. The van der Waals surface area contributed by atoms with Crippen molar-refractivity contribution in [3.05, 3.63) is 34.9 Å². The zero-order valence-corrected chi connectivity index (χ0v) is 12.5. The van der Waals surface area contributed by atoms with E-state index in [0.717, 1.165) is 0 Å². The summed E-state index contributed by atoms with van der Waals surface area (Å²) in [4.78, 5) is 11.4. The maximum atomic E-state index is 11.7. The third kappa shape index (κ3) is 6.45. The van der Waals surface area contributed by atoms with Crippen molar-refractivity contribution in [2.75, 3.05) is 0 Å². The molecule has 0 aromatic heterocycles. The molecule has 1 rings (SSSR count). The van der Waals surface area contributed by atoms with E-state index in [1.54, 1.807) is 45.0 Å². The summed E-state index contributed by atoms with van der Waals surface area (Å²) in [6.07, 6.45) is -0.985. The minimum atomic E-state index is -3.79. The van der Waals surface area contributed by atoms with Gasteiger partial charge in [-0.1, -0.05) is 23.7 Å². The first-order chi connectivity index (χ1) is 8.57. The van der Waals surface area contributed by atoms with Gasteiger partial charge in [-0.15, -0.1) is 0 Å². The fraction of sp³-hybridized carbons (Fsp3) is 0.417. The molecular weight excluding hydrogens is 290 g/mol. The largest absolute Gasteiger partial charge is 0.443 e. The Labute approximate surface area is 118 Å². The topological polar surface area (TPSA) is 72.5 Å². The molecule has 0 radical (unpaired) electrons. The second kappa shape index (κ2) is 5.79. The number of ether oxygens (including phenoxy) is 1. The average molecular weight is 306 g/mol. The average Bonchev–Trinajstić information content (AvgIpc) is 2.17. The monoisotopic (exact) mass is 305 g/mol. The molecule has 0 aliphatic rings. The third-order valence-corrected chi connectivity index (χ3v) is 3.35. The van der Waals surface area contributed by atoms with Crippen LogP contribution < -0.4 is 4.72 Å². The number of hydrogen-bond donors (Lipinski definition) is 1. The second-order valence-corrected chi connectivity index (χ2v) is 7.15. The van der Waals surface area contributed by atoms with Crippen molar-refractivity contribution in [3.8, 4) is 0 Å². The SMILES string of the molecule is CC(C)(C)OC(=O)NS(=O)(=O)Cc1ccc(Cl)cc1. The van der Waals surface area contributed by atoms with Gasteiger partial charge in [0.2, 0.25) is 10.0 Å². The van der Waals surface area contributed by atoms with Crippen LogP contribution in [0.2, 0.25) is 5.02 Å². The lowest BCUT2D eigenvalue weighted by Gasteiger charge is -2.19. The molecule has 1 aromatic carbocycles. The van der Waals surface area contributed by atoms with Crippen molar-refractivity contribution in [1.82, 2.24) is 4.72 Å². The van der Waals surface area contributed by atoms with Crippen molar-refractivity contribution in [1.29, 1.82) is 0 Å². The predicted octanol–water partition coefficient (Wildman–Crippen LogP) is 2.69. The molecule has 0 spiro atoms. The van der Waals surface area contributed by atoms with Crippen LogP contribution in [0.3, 0.4) is 0 Å². The van der Waals surface area contributed by atoms with Gasteiger partial charge in [-0.05, 0) is 38.5 Å². The number of hydrogen-bond acceptors (Lipinski definition) is 4. The molecule has 5 nitrogen and oxygen atoms in total. The lowest BCUT2D eigenvalue weighted by molar-refractivity contribution is 0.0570. The number of halogens is 1. The minimum Gasteiger partial charge on any atom is -0.443 e. The van der Waals surface area contributed by atoms with Crippen LogP contribution in [0, 0.1) is 0 Å². The summed E-state index contributed by atoms with van der Waals surface area (Å²) < 4.78 is 30.2. The predicted molar refractivity (Wildman–Crippen MR) is 73.4 cm³/mol. The molecule has 0 unspecified atom stereocenters. The number of rotatable bonds is 3. The summed E-state index contributed by atoms with van der Waals surface area (Å²) in [6, 6.07) is 6.33. The van der Waals surface area contributed by atoms with Crippen LogP contribution >= 0.6 is 11.6 Å². The maximum Gasteiger partial charge on any atom is 0.421 e. The van der Waals surface area contributed by atoms with Crippen LogP contribution in [0.5, 0.6) is 0 Å². The number of sulfonamides is 1. The zero-order chi connectivity index (χ0) is 14.7. The summed E-state index contributed by atoms with van der Waals surface area (Å²) in [5, 5.41) is 0.515. The molecule has 0 aliphatic carbocycles. The van der Waals surface area contributed by atoms with Crippen LogP contribution in [0.15, 0.2) is 24.3 Å². The normalized spacial score (nSPS) is 12.0. The Morgan fingerprint density at radius 1 is 1.26 bits per heavy atom. The van der Waals surface area contributed by atoms with E-state index >= 15 is 0 Å². The number of nitrogens with one attached hydrogen (secondary N) is 1. The van der Waals surface area contributed by atoms with Crippen molar-refractivity contribution in [2.45, 2.75) is 32.1 Å². The highest BCUT2D eigenvalue weighted by molar-refractivity contribution is 7.89. The highest BCUT2D eigenvalue weighted by Crippen LogP contribution is 2.12. The first-order valence-corrected chi connectivity index (χ1v) is 7.58.